The summed E-state index contributed by atoms with van der Waals surface area (Å²) in [7, 11) is -3.57. The molecule has 5 atom stereocenters. The lowest BCUT2D eigenvalue weighted by Gasteiger charge is -2.22. The first-order valence-corrected chi connectivity index (χ1v) is 49.4. The van der Waals surface area contributed by atoms with E-state index >= 15 is 0 Å². The zero-order valence-corrected chi connectivity index (χ0v) is 80.1. The normalized spacial score (nSPS) is 16.5. The molecule has 39 nitrogen and oxygen atoms in total. The first kappa shape index (κ1) is 94.9. The smallest absolute Gasteiger partial charge is 0.407 e. The van der Waals surface area contributed by atoms with Gasteiger partial charge in [0.15, 0.2) is 0 Å². The number of carbonyl (C=O) groups is 6. The molecule has 14 N–H and O–H groups in total. The monoisotopic (exact) mass is 2050 g/mol. The van der Waals surface area contributed by atoms with E-state index in [0.29, 0.717) is 107 Å². The van der Waals surface area contributed by atoms with E-state index in [0.717, 1.165) is 141 Å². The maximum Gasteiger partial charge on any atom is 0.407 e. The molecule has 5 aliphatic rings. The molecule has 0 fully saturated rings. The van der Waals surface area contributed by atoms with Crippen molar-refractivity contribution in [3.8, 4) is 0 Å². The average molecular weight is 2050 g/mol. The van der Waals surface area contributed by atoms with Crippen LogP contribution in [-0.2, 0) is 19.0 Å². The number of azide groups is 2. The Kier molecular flexibility index (Phi) is 27.5. The van der Waals surface area contributed by atoms with Crippen molar-refractivity contribution in [1.29, 1.82) is 0 Å². The Labute approximate surface area is 819 Å². The SMILES string of the molecule is CC(C)(C)OC(=O)NC[C@@H]1CNc2c(sc3ccc4nc(Nc5cc(F)ncn5)ccc4c23)C(=O)N1.CS(=O)(=O)OC[C@@H]1CNc2c(sc3ccc4nc(Cl)ccc4c23)C(=O)N1.O=C1N[C@H](CO)CNc2c1sc1ccc3nc(Cl)ccc3c21.[N-]=[N+]=NC[C@@H]1CNc2c(sc3ccc4nc(Cl)ccc4c23)C(=O)N1.[N-]=[N+]=NC[C@@H]1CNc2c(sc3ccc4nc(Nc5cc(F)ncn5)ccc4c23)C(=O)N1. The van der Waals surface area contributed by atoms with Crippen molar-refractivity contribution >= 4 is 294 Å². The van der Waals surface area contributed by atoms with E-state index in [1.54, 1.807) is 51.1 Å². The zero-order chi connectivity index (χ0) is 97.2. The maximum atomic E-state index is 13.4. The Hall–Kier alpha value is -14.5. The van der Waals surface area contributed by atoms with Crippen LogP contribution in [0.1, 0.15) is 69.1 Å². The summed E-state index contributed by atoms with van der Waals surface area (Å²) in [5.74, 6) is -0.668. The van der Waals surface area contributed by atoms with Crippen LogP contribution in [0.5, 0.6) is 0 Å². The summed E-state index contributed by atoms with van der Waals surface area (Å²) < 4.78 is 64.0. The molecule has 708 valence electrons. The number of anilines is 9. The summed E-state index contributed by atoms with van der Waals surface area (Å²) in [5, 5.41) is 66.5. The molecule has 139 heavy (non-hydrogen) atoms. The third-order valence-electron chi connectivity index (χ3n) is 21.9. The quantitative estimate of drug-likeness (QED) is 0.0120. The molecule has 17 aromatic rings. The van der Waals surface area contributed by atoms with Crippen molar-refractivity contribution in [3.05, 3.63) is 219 Å². The van der Waals surface area contributed by atoms with Gasteiger partial charge in [-0.1, -0.05) is 45.0 Å². The summed E-state index contributed by atoms with van der Waals surface area (Å²) in [6.45, 7) is 7.93. The van der Waals surface area contributed by atoms with Crippen LogP contribution >= 0.6 is 91.5 Å². The second kappa shape index (κ2) is 40.3. The molecular formula is C89H75Cl3F2N28O11S6. The van der Waals surface area contributed by atoms with E-state index in [4.69, 9.17) is 54.8 Å². The van der Waals surface area contributed by atoms with Crippen LogP contribution in [0.4, 0.5) is 65.3 Å². The van der Waals surface area contributed by atoms with Crippen LogP contribution in [0.2, 0.25) is 15.5 Å². The molecule has 0 unspecified atom stereocenters. The second-order valence-corrected chi connectivity index (χ2v) is 40.8. The highest BCUT2D eigenvalue weighted by atomic mass is 35.5. The van der Waals surface area contributed by atoms with Gasteiger partial charge in [-0.2, -0.15) is 17.2 Å². The number of hydrogen-bond acceptors (Lipinski definition) is 34. The number of halogens is 5. The molecule has 22 rings (SSSR count). The highest BCUT2D eigenvalue weighted by molar-refractivity contribution is 7.86. The number of rotatable bonds is 14. The van der Waals surface area contributed by atoms with E-state index in [9.17, 15) is 51.1 Å². The minimum atomic E-state index is -3.57. The van der Waals surface area contributed by atoms with Crippen LogP contribution < -0.4 is 69.1 Å². The molecule has 12 aromatic heterocycles. The van der Waals surface area contributed by atoms with E-state index in [1.165, 1.54) is 68.8 Å². The van der Waals surface area contributed by atoms with Gasteiger partial charge in [0.1, 0.15) is 81.4 Å². The molecule has 6 amide bonds. The van der Waals surface area contributed by atoms with Crippen LogP contribution in [0.25, 0.3) is 126 Å². The van der Waals surface area contributed by atoms with E-state index < -0.39 is 39.7 Å². The number of benzene rings is 5. The number of thiophene rings is 5. The van der Waals surface area contributed by atoms with Gasteiger partial charge in [0.05, 0.1) is 106 Å². The Morgan fingerprint density at radius 1 is 0.453 bits per heavy atom. The first-order valence-electron chi connectivity index (χ1n) is 42.4. The largest absolute Gasteiger partial charge is 0.444 e. The molecule has 5 aromatic carbocycles. The number of aliphatic hydroxyl groups excluding tert-OH is 1. The van der Waals surface area contributed by atoms with Gasteiger partial charge in [0.25, 0.3) is 39.7 Å². The Morgan fingerprint density at radius 2 is 0.763 bits per heavy atom. The molecule has 50 heteroatoms. The number of pyridine rings is 5. The number of aromatic nitrogens is 9. The van der Waals surface area contributed by atoms with Gasteiger partial charge >= 0.3 is 6.09 Å². The third kappa shape index (κ3) is 21.0. The van der Waals surface area contributed by atoms with Gasteiger partial charge in [-0.25, -0.2) is 49.7 Å². The summed E-state index contributed by atoms with van der Waals surface area (Å²) in [6, 6.07) is 38.2. The maximum absolute atomic E-state index is 13.4. The number of ether oxygens (including phenoxy) is 1. The summed E-state index contributed by atoms with van der Waals surface area (Å²) in [5.41, 5.74) is 23.9. The Bertz CT molecular complexity index is 8100. The Morgan fingerprint density at radius 3 is 1.09 bits per heavy atom. The molecule has 17 heterocycles. The predicted octanol–water partition coefficient (Wildman–Crippen LogP) is 17.3. The minimum absolute atomic E-state index is 0.0937. The number of amides is 6. The minimum Gasteiger partial charge on any atom is -0.444 e. The number of aliphatic hydroxyl groups is 1. The van der Waals surface area contributed by atoms with Crippen molar-refractivity contribution in [3.63, 3.8) is 0 Å². The number of fused-ring (bicyclic) bond motifs is 25. The molecule has 0 bridgehead atoms. The molecule has 5 aliphatic heterocycles. The fourth-order valence-corrected chi connectivity index (χ4v) is 22.3. The number of carbonyl (C=O) groups excluding carboxylic acids is 6. The molecule has 0 spiro atoms. The van der Waals surface area contributed by atoms with Gasteiger partial charge in [0, 0.05) is 152 Å². The molecule has 0 aliphatic carbocycles. The summed E-state index contributed by atoms with van der Waals surface area (Å²) in [6.07, 6.45) is 2.71. The van der Waals surface area contributed by atoms with Crippen LogP contribution in [-0.4, -0.2) is 202 Å². The fraction of sp³-hybridized carbons (Fsp3) is 0.225. The van der Waals surface area contributed by atoms with Gasteiger partial charge in [0.2, 0.25) is 11.9 Å². The third-order valence-corrected chi connectivity index (χ3v) is 28.9. The van der Waals surface area contributed by atoms with Crippen molar-refractivity contribution in [2.24, 2.45) is 10.2 Å². The highest BCUT2D eigenvalue weighted by Gasteiger charge is 2.34. The number of nitrogens with zero attached hydrogens (tertiary/aromatic N) is 15. The van der Waals surface area contributed by atoms with Crippen LogP contribution in [0, 0.1) is 11.9 Å². The Balaban J connectivity index is 0.000000116. The average Bonchev–Trinajstić information content (AvgIpc) is 1.63. The van der Waals surface area contributed by atoms with E-state index in [-0.39, 0.29) is 86.6 Å². The molecular weight excluding hydrogens is 1970 g/mol. The standard InChI is InChI=1S/C24H24FN7O3S.C19H14FN9OS.C16H14ClN3O4S2.C15H11ClN6OS.C15H12ClN3O2S/c1-24(2,3)35-23(34)27-10-12-9-26-20-19-13-4-7-17(32-18-8-16(25)28-11-29-18)31-14(13)5-6-15(19)36-21(20)22(33)30-12;20-13-5-15(24-8-23-13)28-14-4-1-10-11(27-14)2-3-12-16(10)17-18(31-12)19(30)26-9(6-22-17)7-25-29-21;1-26(22,23)24-7-8-6-18-14-13-9-2-5-12(17)20-10(9)3-4-11(13)25-15(14)16(21)19-8;16-11-4-1-8-9(21-11)2-3-10-12(8)13-14(24-10)15(23)20-7(5-18-13)6-19-22-17;16-11-4-1-8-9(19-11)2-3-10-12(8)13-14(22-10)15(21)18-7(6-20)5-17-13/h4-8,11-12,26H,9-10H2,1-3H3,(H,27,34)(H,30,33)(H,28,29,31,32);1-5,8-9,22H,6-7H2,(H,26,30)(H,23,24,27,28);2-5,8,18H,6-7H2,1H3,(H,19,21);1-4,7,18H,5-6H2,(H,20,23);1-4,7,17,20H,5-6H2,(H,18,21)/t12-;9-;8-;2*7-/m00000/s1. The van der Waals surface area contributed by atoms with Crippen molar-refractivity contribution in [2.45, 2.75) is 56.6 Å². The summed E-state index contributed by atoms with van der Waals surface area (Å²) in [4.78, 5) is 121. The lowest BCUT2D eigenvalue weighted by Crippen LogP contribution is -2.46. The topological polar surface area (TPSA) is 545 Å². The lowest BCUT2D eigenvalue weighted by molar-refractivity contribution is 0.0520. The van der Waals surface area contributed by atoms with Crippen molar-refractivity contribution in [1.82, 2.24) is 76.8 Å². The van der Waals surface area contributed by atoms with E-state index in [2.05, 4.69) is 134 Å². The first-order chi connectivity index (χ1) is 66.9. The number of hydrogen-bond donors (Lipinski definition) is 14. The second-order valence-electron chi connectivity index (χ2n) is 32.7. The van der Waals surface area contributed by atoms with Gasteiger partial charge in [-0.05, 0) is 153 Å². The fourth-order valence-electron chi connectivity index (χ4n) is 16.0. The summed E-state index contributed by atoms with van der Waals surface area (Å²) >= 11 is 24.9. The van der Waals surface area contributed by atoms with Crippen molar-refractivity contribution in [2.75, 3.05) is 109 Å². The molecule has 0 saturated heterocycles. The number of nitrogens with one attached hydrogen (secondary N) is 13. The highest BCUT2D eigenvalue weighted by Crippen LogP contribution is 2.47. The van der Waals surface area contributed by atoms with E-state index in [1.807, 2.05) is 91.0 Å². The number of alkyl carbamates (subject to hydrolysis) is 1. The predicted molar refractivity (Wildman–Crippen MR) is 540 cm³/mol. The van der Waals surface area contributed by atoms with Gasteiger partial charge in [-0.15, -0.1) is 56.7 Å². The molecule has 0 radical (unpaired) electrons. The van der Waals surface area contributed by atoms with Crippen LogP contribution in [0.3, 0.4) is 0 Å². The zero-order valence-electron chi connectivity index (χ0n) is 72.9. The van der Waals surface area contributed by atoms with Gasteiger partial charge in [-0.3, -0.25) is 28.2 Å². The van der Waals surface area contributed by atoms with Crippen molar-refractivity contribution < 1.29 is 60.0 Å². The molecule has 0 saturated carbocycles. The lowest BCUT2D eigenvalue weighted by atomic mass is 10.1. The van der Waals surface area contributed by atoms with Gasteiger partial charge < -0.3 is 79.0 Å². The van der Waals surface area contributed by atoms with Crippen LogP contribution in [0.15, 0.2) is 156 Å².